The molecule has 102 valence electrons. The van der Waals surface area contributed by atoms with Crippen molar-refractivity contribution in [3.63, 3.8) is 0 Å². The minimum atomic E-state index is -3.51. The molecule has 0 bridgehead atoms. The number of hydrogen-bond acceptors (Lipinski definition) is 3. The number of nitrogens with zero attached hydrogens (tertiary/aromatic N) is 1. The molecule has 18 heavy (non-hydrogen) atoms. The van der Waals surface area contributed by atoms with E-state index in [-0.39, 0.29) is 4.90 Å². The van der Waals surface area contributed by atoms with Gasteiger partial charge in [-0.15, -0.1) is 0 Å². The molecule has 4 nitrogen and oxygen atoms in total. The second-order valence-corrected chi connectivity index (χ2v) is 7.43. The topological polar surface area (TPSA) is 63.4 Å². The molecule has 0 aliphatic carbocycles. The van der Waals surface area contributed by atoms with Gasteiger partial charge in [0.05, 0.1) is 4.90 Å². The van der Waals surface area contributed by atoms with Crippen LogP contribution in [0.3, 0.4) is 0 Å². The van der Waals surface area contributed by atoms with Crippen molar-refractivity contribution in [3.8, 4) is 0 Å². The van der Waals surface area contributed by atoms with Crippen molar-refractivity contribution >= 4 is 41.9 Å². The highest BCUT2D eigenvalue weighted by molar-refractivity contribution is 9.11. The summed E-state index contributed by atoms with van der Waals surface area (Å²) in [7, 11) is -3.51. The van der Waals surface area contributed by atoms with Gasteiger partial charge in [-0.25, -0.2) is 8.42 Å². The normalized spacial score (nSPS) is 12.1. The van der Waals surface area contributed by atoms with E-state index >= 15 is 0 Å². The fourth-order valence-corrected chi connectivity index (χ4v) is 4.66. The van der Waals surface area contributed by atoms with Crippen LogP contribution in [0.1, 0.15) is 12.5 Å². The largest absolute Gasteiger partial charge is 0.329 e. The highest BCUT2D eigenvalue weighted by Gasteiger charge is 2.25. The maximum Gasteiger partial charge on any atom is 0.244 e. The molecule has 0 fully saturated rings. The summed E-state index contributed by atoms with van der Waals surface area (Å²) in [6, 6.07) is 3.40. The zero-order chi connectivity index (χ0) is 13.9. The first kappa shape index (κ1) is 16.1. The highest BCUT2D eigenvalue weighted by Crippen LogP contribution is 2.30. The molecule has 7 heteroatoms. The fourth-order valence-electron chi connectivity index (χ4n) is 1.56. The third-order valence-electron chi connectivity index (χ3n) is 2.56. The van der Waals surface area contributed by atoms with Gasteiger partial charge in [0.15, 0.2) is 0 Å². The van der Waals surface area contributed by atoms with Gasteiger partial charge in [-0.05, 0) is 40.5 Å². The first-order chi connectivity index (χ1) is 8.34. The van der Waals surface area contributed by atoms with Gasteiger partial charge in [-0.1, -0.05) is 22.9 Å². The smallest absolute Gasteiger partial charge is 0.244 e. The number of benzene rings is 1. The lowest BCUT2D eigenvalue weighted by atomic mass is 10.2. The van der Waals surface area contributed by atoms with E-state index in [2.05, 4.69) is 31.9 Å². The molecule has 0 atom stereocenters. The number of nitrogens with two attached hydrogens (primary N) is 1. The standard InChI is InChI=1S/C11H16Br2N2O2S/c1-3-15(5-4-14)18(16,17)11-7-9(12)8(2)6-10(11)13/h6-7H,3-5,14H2,1-2H3. The van der Waals surface area contributed by atoms with Crippen molar-refractivity contribution in [2.45, 2.75) is 18.7 Å². The Kier molecular flexibility index (Phi) is 5.79. The van der Waals surface area contributed by atoms with Gasteiger partial charge >= 0.3 is 0 Å². The first-order valence-electron chi connectivity index (χ1n) is 5.50. The monoisotopic (exact) mass is 398 g/mol. The Hall–Kier alpha value is 0.0500. The van der Waals surface area contributed by atoms with Gasteiger partial charge in [-0.3, -0.25) is 0 Å². The van der Waals surface area contributed by atoms with Crippen LogP contribution < -0.4 is 5.73 Å². The minimum absolute atomic E-state index is 0.260. The number of rotatable bonds is 5. The van der Waals surface area contributed by atoms with Crippen LogP contribution in [0.2, 0.25) is 0 Å². The Morgan fingerprint density at radius 3 is 2.39 bits per heavy atom. The molecule has 1 aromatic carbocycles. The first-order valence-corrected chi connectivity index (χ1v) is 8.53. The van der Waals surface area contributed by atoms with Gasteiger partial charge in [0, 0.05) is 28.6 Å². The van der Waals surface area contributed by atoms with Crippen LogP contribution in [0.4, 0.5) is 0 Å². The molecule has 0 aliphatic rings. The second kappa shape index (κ2) is 6.47. The SMILES string of the molecule is CCN(CCN)S(=O)(=O)c1cc(Br)c(C)cc1Br. The van der Waals surface area contributed by atoms with Crippen molar-refractivity contribution in [1.82, 2.24) is 4.31 Å². The van der Waals surface area contributed by atoms with Crippen LogP contribution in [-0.4, -0.2) is 32.4 Å². The number of sulfonamides is 1. The Labute approximate surface area is 125 Å². The van der Waals surface area contributed by atoms with Crippen LogP contribution >= 0.6 is 31.9 Å². The van der Waals surface area contributed by atoms with Gasteiger partial charge < -0.3 is 5.73 Å². The van der Waals surface area contributed by atoms with Crippen molar-refractivity contribution < 1.29 is 8.42 Å². The molecule has 0 radical (unpaired) electrons. The van der Waals surface area contributed by atoms with E-state index in [1.165, 1.54) is 4.31 Å². The van der Waals surface area contributed by atoms with E-state index in [1.54, 1.807) is 19.1 Å². The summed E-state index contributed by atoms with van der Waals surface area (Å²) in [6.07, 6.45) is 0. The Morgan fingerprint density at radius 2 is 1.89 bits per heavy atom. The van der Waals surface area contributed by atoms with E-state index in [1.807, 2.05) is 6.92 Å². The van der Waals surface area contributed by atoms with E-state index in [9.17, 15) is 8.42 Å². The van der Waals surface area contributed by atoms with Crippen LogP contribution in [0, 0.1) is 6.92 Å². The quantitative estimate of drug-likeness (QED) is 0.827. The number of hydrogen-bond donors (Lipinski definition) is 1. The summed E-state index contributed by atoms with van der Waals surface area (Å²) in [5.41, 5.74) is 6.42. The maximum absolute atomic E-state index is 12.5. The number of aryl methyl sites for hydroxylation is 1. The maximum atomic E-state index is 12.5. The molecule has 0 saturated heterocycles. The summed E-state index contributed by atoms with van der Waals surface area (Å²) in [5.74, 6) is 0. The summed E-state index contributed by atoms with van der Waals surface area (Å²) in [4.78, 5) is 0.260. The highest BCUT2D eigenvalue weighted by atomic mass is 79.9. The molecule has 0 spiro atoms. The van der Waals surface area contributed by atoms with E-state index in [4.69, 9.17) is 5.73 Å². The van der Waals surface area contributed by atoms with Crippen LogP contribution in [0.25, 0.3) is 0 Å². The lowest BCUT2D eigenvalue weighted by Gasteiger charge is -2.20. The summed E-state index contributed by atoms with van der Waals surface area (Å²) in [5, 5.41) is 0. The third-order valence-corrected chi connectivity index (χ3v) is 6.35. The summed E-state index contributed by atoms with van der Waals surface area (Å²) in [6.45, 7) is 4.72. The van der Waals surface area contributed by atoms with Gasteiger partial charge in [0.2, 0.25) is 10.0 Å². The molecule has 0 heterocycles. The third kappa shape index (κ3) is 3.33. The average Bonchev–Trinajstić information content (AvgIpc) is 2.30. The zero-order valence-electron chi connectivity index (χ0n) is 10.3. The van der Waals surface area contributed by atoms with Gasteiger partial charge in [0.1, 0.15) is 0 Å². The van der Waals surface area contributed by atoms with E-state index < -0.39 is 10.0 Å². The molecule has 0 aromatic heterocycles. The van der Waals surface area contributed by atoms with Crippen molar-refractivity contribution in [2.24, 2.45) is 5.73 Å². The Bertz CT molecular complexity index is 532. The van der Waals surface area contributed by atoms with Crippen molar-refractivity contribution in [1.29, 1.82) is 0 Å². The number of likely N-dealkylation sites (N-methyl/N-ethyl adjacent to an activating group) is 1. The van der Waals surface area contributed by atoms with Gasteiger partial charge in [0.25, 0.3) is 0 Å². The molecule has 1 aromatic rings. The Balaban J connectivity index is 3.32. The minimum Gasteiger partial charge on any atom is -0.329 e. The average molecular weight is 400 g/mol. The molecule has 0 amide bonds. The predicted octanol–water partition coefficient (Wildman–Crippen LogP) is 2.49. The molecule has 0 saturated carbocycles. The summed E-state index contributed by atoms with van der Waals surface area (Å²) < 4.78 is 27.6. The van der Waals surface area contributed by atoms with Crippen LogP contribution in [0.15, 0.2) is 26.0 Å². The van der Waals surface area contributed by atoms with E-state index in [0.29, 0.717) is 24.1 Å². The predicted molar refractivity (Wildman–Crippen MR) is 80.1 cm³/mol. The number of halogens is 2. The lowest BCUT2D eigenvalue weighted by molar-refractivity contribution is 0.435. The molecule has 1 rings (SSSR count). The van der Waals surface area contributed by atoms with E-state index in [0.717, 1.165) is 10.0 Å². The molecule has 2 N–H and O–H groups in total. The molecular weight excluding hydrogens is 384 g/mol. The van der Waals surface area contributed by atoms with Crippen LogP contribution in [0.5, 0.6) is 0 Å². The molecule has 0 unspecified atom stereocenters. The molecule has 0 aliphatic heterocycles. The summed E-state index contributed by atoms with van der Waals surface area (Å²) >= 11 is 6.66. The van der Waals surface area contributed by atoms with Crippen LogP contribution in [-0.2, 0) is 10.0 Å². The van der Waals surface area contributed by atoms with Gasteiger partial charge in [-0.2, -0.15) is 4.31 Å². The molecular formula is C11H16Br2N2O2S. The zero-order valence-corrected chi connectivity index (χ0v) is 14.3. The Morgan fingerprint density at radius 1 is 1.28 bits per heavy atom. The fraction of sp³-hybridized carbons (Fsp3) is 0.455. The second-order valence-electron chi connectivity index (χ2n) is 3.82. The van der Waals surface area contributed by atoms with Crippen molar-refractivity contribution in [2.75, 3.05) is 19.6 Å². The van der Waals surface area contributed by atoms with Crippen molar-refractivity contribution in [3.05, 3.63) is 26.6 Å². The lowest BCUT2D eigenvalue weighted by Crippen LogP contribution is -2.35.